The average molecular weight is 227 g/mol. The van der Waals surface area contributed by atoms with Gasteiger partial charge in [0.05, 0.1) is 12.1 Å². The van der Waals surface area contributed by atoms with Gasteiger partial charge in [0.1, 0.15) is 0 Å². The fraction of sp³-hybridized carbons (Fsp3) is 0.909. The number of aliphatic hydroxyl groups is 1. The number of hydrogen-bond acceptors (Lipinski definition) is 4. The zero-order valence-electron chi connectivity index (χ0n) is 9.91. The van der Waals surface area contributed by atoms with Crippen LogP contribution in [0.4, 0.5) is 0 Å². The van der Waals surface area contributed by atoms with E-state index in [0.29, 0.717) is 26.2 Å². The first-order valence-electron chi connectivity index (χ1n) is 5.97. The van der Waals surface area contributed by atoms with Gasteiger partial charge in [-0.25, -0.2) is 0 Å². The molecule has 0 aromatic rings. The second-order valence-corrected chi connectivity index (χ2v) is 5.13. The van der Waals surface area contributed by atoms with Gasteiger partial charge in [0.25, 0.3) is 0 Å². The summed E-state index contributed by atoms with van der Waals surface area (Å²) in [7, 11) is 2.03. The van der Waals surface area contributed by atoms with Gasteiger partial charge in [-0.3, -0.25) is 9.69 Å². The minimum absolute atomic E-state index is 0.0685. The van der Waals surface area contributed by atoms with Gasteiger partial charge in [0.15, 0.2) is 0 Å². The van der Waals surface area contributed by atoms with Crippen LogP contribution in [0.3, 0.4) is 0 Å². The van der Waals surface area contributed by atoms with Gasteiger partial charge in [-0.05, 0) is 26.4 Å². The van der Waals surface area contributed by atoms with Crippen molar-refractivity contribution in [3.8, 4) is 0 Å². The first-order valence-corrected chi connectivity index (χ1v) is 5.97. The van der Waals surface area contributed by atoms with E-state index in [1.165, 1.54) is 0 Å². The smallest absolute Gasteiger partial charge is 0.234 e. The maximum atomic E-state index is 11.2. The molecule has 16 heavy (non-hydrogen) atoms. The molecule has 92 valence electrons. The number of likely N-dealkylation sites (N-methyl/N-ethyl adjacent to an activating group) is 1. The number of nitrogens with zero attached hydrogens (tertiary/aromatic N) is 2. The highest BCUT2D eigenvalue weighted by Gasteiger charge is 2.34. The molecule has 0 aromatic carbocycles. The van der Waals surface area contributed by atoms with Crippen molar-refractivity contribution in [2.45, 2.75) is 18.4 Å². The lowest BCUT2D eigenvalue weighted by molar-refractivity contribution is -0.126. The molecule has 2 fully saturated rings. The lowest BCUT2D eigenvalue weighted by atomic mass is 9.92. The highest BCUT2D eigenvalue weighted by molar-refractivity contribution is 5.78. The van der Waals surface area contributed by atoms with Crippen molar-refractivity contribution in [1.82, 2.24) is 15.1 Å². The highest BCUT2D eigenvalue weighted by atomic mass is 16.3. The highest BCUT2D eigenvalue weighted by Crippen LogP contribution is 2.21. The molecule has 2 N–H and O–H groups in total. The summed E-state index contributed by atoms with van der Waals surface area (Å²) in [5, 5.41) is 13.3. The monoisotopic (exact) mass is 227 g/mol. The number of nitrogens with one attached hydrogen (secondary N) is 1. The Kier molecular flexibility index (Phi) is 3.47. The molecule has 1 amide bonds. The van der Waals surface area contributed by atoms with E-state index in [1.807, 2.05) is 7.05 Å². The molecular formula is C11H21N3O2. The van der Waals surface area contributed by atoms with E-state index in [9.17, 15) is 9.90 Å². The van der Waals surface area contributed by atoms with Crippen LogP contribution in [-0.4, -0.2) is 72.7 Å². The summed E-state index contributed by atoms with van der Waals surface area (Å²) in [5.41, 5.74) is -0.634. The zero-order chi connectivity index (χ0) is 11.6. The Hall–Kier alpha value is -0.650. The third-order valence-corrected chi connectivity index (χ3v) is 3.38. The Labute approximate surface area is 96.4 Å². The second-order valence-electron chi connectivity index (χ2n) is 5.13. The van der Waals surface area contributed by atoms with E-state index < -0.39 is 5.60 Å². The van der Waals surface area contributed by atoms with Crippen molar-refractivity contribution in [3.05, 3.63) is 0 Å². The quantitative estimate of drug-likeness (QED) is 0.627. The Bertz CT molecular complexity index is 272. The molecule has 5 heteroatoms. The van der Waals surface area contributed by atoms with Crippen LogP contribution in [0, 0.1) is 0 Å². The number of carbonyl (C=O) groups is 1. The average Bonchev–Trinajstić information content (AvgIpc) is 2.16. The molecular weight excluding hydrogens is 206 g/mol. The van der Waals surface area contributed by atoms with Gasteiger partial charge in [-0.1, -0.05) is 0 Å². The third kappa shape index (κ3) is 2.93. The number of hydrogen-bond donors (Lipinski definition) is 2. The van der Waals surface area contributed by atoms with E-state index >= 15 is 0 Å². The van der Waals surface area contributed by atoms with Crippen LogP contribution in [-0.2, 0) is 4.79 Å². The summed E-state index contributed by atoms with van der Waals surface area (Å²) in [6.07, 6.45) is 1.88. The van der Waals surface area contributed by atoms with E-state index in [4.69, 9.17) is 0 Å². The van der Waals surface area contributed by atoms with Crippen LogP contribution in [0.2, 0.25) is 0 Å². The molecule has 2 aliphatic heterocycles. The number of piperidine rings is 1. The molecule has 0 spiro atoms. The number of amides is 1. The lowest BCUT2D eigenvalue weighted by Crippen LogP contribution is -2.57. The molecule has 2 rings (SSSR count). The molecule has 2 aliphatic rings. The topological polar surface area (TPSA) is 55.8 Å². The minimum atomic E-state index is -0.634. The lowest BCUT2D eigenvalue weighted by Gasteiger charge is -2.41. The van der Waals surface area contributed by atoms with Crippen LogP contribution >= 0.6 is 0 Å². The fourth-order valence-electron chi connectivity index (χ4n) is 2.71. The Balaban J connectivity index is 1.89. The number of piperazine rings is 1. The predicted molar refractivity (Wildman–Crippen MR) is 61.1 cm³/mol. The summed E-state index contributed by atoms with van der Waals surface area (Å²) in [4.78, 5) is 15.5. The van der Waals surface area contributed by atoms with Crippen LogP contribution in [0.5, 0.6) is 0 Å². The first kappa shape index (κ1) is 11.8. The molecule has 1 unspecified atom stereocenters. The number of carbonyl (C=O) groups excluding carboxylic acids is 1. The van der Waals surface area contributed by atoms with Crippen molar-refractivity contribution < 1.29 is 9.90 Å². The largest absolute Gasteiger partial charge is 0.387 e. The summed E-state index contributed by atoms with van der Waals surface area (Å²) < 4.78 is 0. The van der Waals surface area contributed by atoms with E-state index in [2.05, 4.69) is 15.1 Å². The van der Waals surface area contributed by atoms with Crippen molar-refractivity contribution in [2.75, 3.05) is 46.3 Å². The molecule has 0 saturated carbocycles. The van der Waals surface area contributed by atoms with Gasteiger partial charge < -0.3 is 15.3 Å². The van der Waals surface area contributed by atoms with Gasteiger partial charge >= 0.3 is 0 Å². The third-order valence-electron chi connectivity index (χ3n) is 3.38. The fourth-order valence-corrected chi connectivity index (χ4v) is 2.71. The summed E-state index contributed by atoms with van der Waals surface area (Å²) in [6, 6.07) is 0. The molecule has 0 bridgehead atoms. The van der Waals surface area contributed by atoms with Gasteiger partial charge in [0, 0.05) is 26.2 Å². The molecule has 5 nitrogen and oxygen atoms in total. The molecule has 0 aromatic heterocycles. The van der Waals surface area contributed by atoms with Crippen molar-refractivity contribution in [1.29, 1.82) is 0 Å². The van der Waals surface area contributed by atoms with Crippen molar-refractivity contribution in [2.24, 2.45) is 0 Å². The van der Waals surface area contributed by atoms with Gasteiger partial charge in [-0.2, -0.15) is 0 Å². The Morgan fingerprint density at radius 3 is 3.00 bits per heavy atom. The van der Waals surface area contributed by atoms with Gasteiger partial charge in [-0.15, -0.1) is 0 Å². The van der Waals surface area contributed by atoms with Gasteiger partial charge in [0.2, 0.25) is 5.91 Å². The van der Waals surface area contributed by atoms with Crippen LogP contribution in [0.25, 0.3) is 0 Å². The molecule has 1 atom stereocenters. The SMILES string of the molecule is CN1CCCC(O)(CN2CCNC(=O)C2)C1. The molecule has 2 saturated heterocycles. The minimum Gasteiger partial charge on any atom is -0.387 e. The standard InChI is InChI=1S/C11H21N3O2/c1-13-5-2-3-11(16,8-13)9-14-6-4-12-10(15)7-14/h16H,2-9H2,1H3,(H,12,15). The molecule has 0 radical (unpaired) electrons. The summed E-state index contributed by atoms with van der Waals surface area (Å²) in [5.74, 6) is 0.0685. The van der Waals surface area contributed by atoms with E-state index in [0.717, 1.165) is 25.9 Å². The molecule has 0 aliphatic carbocycles. The first-order chi connectivity index (χ1) is 7.57. The van der Waals surface area contributed by atoms with Crippen molar-refractivity contribution in [3.63, 3.8) is 0 Å². The number of β-amino-alcohol motifs (C(OH)–C–C–N with tert-alkyl or cyclic N) is 1. The van der Waals surface area contributed by atoms with E-state index in [1.54, 1.807) is 0 Å². The summed E-state index contributed by atoms with van der Waals surface area (Å²) in [6.45, 7) is 4.35. The number of likely N-dealkylation sites (tertiary alicyclic amines) is 1. The van der Waals surface area contributed by atoms with Crippen molar-refractivity contribution >= 4 is 5.91 Å². The van der Waals surface area contributed by atoms with E-state index in [-0.39, 0.29) is 5.91 Å². The maximum absolute atomic E-state index is 11.2. The normalized spacial score (nSPS) is 33.8. The maximum Gasteiger partial charge on any atom is 0.234 e. The number of rotatable bonds is 2. The Morgan fingerprint density at radius 2 is 2.31 bits per heavy atom. The predicted octanol–water partition coefficient (Wildman–Crippen LogP) is -1.13. The van der Waals surface area contributed by atoms with Crippen LogP contribution < -0.4 is 5.32 Å². The summed E-state index contributed by atoms with van der Waals surface area (Å²) >= 11 is 0. The molecule has 2 heterocycles. The van der Waals surface area contributed by atoms with Crippen LogP contribution in [0.15, 0.2) is 0 Å². The second kappa shape index (κ2) is 4.69. The van der Waals surface area contributed by atoms with Crippen LogP contribution in [0.1, 0.15) is 12.8 Å². The Morgan fingerprint density at radius 1 is 1.50 bits per heavy atom. The zero-order valence-corrected chi connectivity index (χ0v) is 9.91.